The minimum absolute atomic E-state index is 0.375. The van der Waals surface area contributed by atoms with E-state index in [4.69, 9.17) is 0 Å². The normalized spacial score (nSPS) is 12.6. The number of benzene rings is 1. The van der Waals surface area contributed by atoms with E-state index in [9.17, 15) is 5.11 Å². The standard InChI is InChI=1S/C12H15N3OS/c1-3-11(16)9-4-6-10(7-5-9)17-12-13-8(2)14-15-12/h4-7,11,16H,3H2,1-2H3,(H,13,14,15)/t11-/m0/s1. The average molecular weight is 249 g/mol. The third kappa shape index (κ3) is 3.08. The third-order valence-electron chi connectivity index (χ3n) is 2.44. The van der Waals surface area contributed by atoms with Crippen LogP contribution < -0.4 is 0 Å². The summed E-state index contributed by atoms with van der Waals surface area (Å²) in [4.78, 5) is 5.29. The highest BCUT2D eigenvalue weighted by atomic mass is 32.2. The molecule has 0 radical (unpaired) electrons. The molecule has 0 saturated heterocycles. The number of hydrogen-bond donors (Lipinski definition) is 2. The Morgan fingerprint density at radius 2 is 2.06 bits per heavy atom. The van der Waals surface area contributed by atoms with Gasteiger partial charge in [0, 0.05) is 4.90 Å². The Hall–Kier alpha value is -1.33. The van der Waals surface area contributed by atoms with Crippen LogP contribution in [0.25, 0.3) is 0 Å². The first kappa shape index (κ1) is 12.1. The molecule has 17 heavy (non-hydrogen) atoms. The number of aromatic nitrogens is 3. The van der Waals surface area contributed by atoms with Gasteiger partial charge >= 0.3 is 0 Å². The van der Waals surface area contributed by atoms with Gasteiger partial charge in [-0.25, -0.2) is 4.98 Å². The van der Waals surface area contributed by atoms with Crippen LogP contribution in [0.5, 0.6) is 0 Å². The van der Waals surface area contributed by atoms with Gasteiger partial charge in [0.2, 0.25) is 5.16 Å². The molecule has 90 valence electrons. The monoisotopic (exact) mass is 249 g/mol. The Morgan fingerprint density at radius 3 is 2.59 bits per heavy atom. The second-order valence-corrected chi connectivity index (χ2v) is 4.84. The fraction of sp³-hybridized carbons (Fsp3) is 0.333. The van der Waals surface area contributed by atoms with E-state index in [2.05, 4.69) is 15.2 Å². The highest BCUT2D eigenvalue weighted by Gasteiger charge is 2.06. The van der Waals surface area contributed by atoms with E-state index in [1.807, 2.05) is 38.1 Å². The second kappa shape index (κ2) is 5.33. The van der Waals surface area contributed by atoms with Gasteiger partial charge in [0.15, 0.2) is 0 Å². The topological polar surface area (TPSA) is 61.8 Å². The Labute approximate surface area is 104 Å². The highest BCUT2D eigenvalue weighted by Crippen LogP contribution is 2.26. The van der Waals surface area contributed by atoms with Crippen LogP contribution in [0.15, 0.2) is 34.3 Å². The molecule has 0 unspecified atom stereocenters. The molecule has 2 N–H and O–H groups in total. The summed E-state index contributed by atoms with van der Waals surface area (Å²) in [6.45, 7) is 3.83. The summed E-state index contributed by atoms with van der Waals surface area (Å²) in [5.74, 6) is 0.811. The number of nitrogens with one attached hydrogen (secondary N) is 1. The fourth-order valence-corrected chi connectivity index (χ4v) is 2.22. The van der Waals surface area contributed by atoms with E-state index in [0.29, 0.717) is 5.16 Å². The number of aliphatic hydroxyl groups excluding tert-OH is 1. The van der Waals surface area contributed by atoms with Gasteiger partial charge in [-0.1, -0.05) is 19.1 Å². The van der Waals surface area contributed by atoms with Crippen molar-refractivity contribution in [2.45, 2.75) is 36.4 Å². The molecule has 1 atom stereocenters. The van der Waals surface area contributed by atoms with Crippen LogP contribution in [0, 0.1) is 6.92 Å². The summed E-state index contributed by atoms with van der Waals surface area (Å²) in [7, 11) is 0. The number of aryl methyl sites for hydroxylation is 1. The predicted molar refractivity (Wildman–Crippen MR) is 66.9 cm³/mol. The lowest BCUT2D eigenvalue weighted by atomic mass is 10.1. The lowest BCUT2D eigenvalue weighted by Gasteiger charge is -2.07. The van der Waals surface area contributed by atoms with Crippen LogP contribution in [0.2, 0.25) is 0 Å². The summed E-state index contributed by atoms with van der Waals surface area (Å²) in [6, 6.07) is 7.83. The van der Waals surface area contributed by atoms with Crippen LogP contribution in [0.3, 0.4) is 0 Å². The van der Waals surface area contributed by atoms with Crippen LogP contribution in [0.4, 0.5) is 0 Å². The quantitative estimate of drug-likeness (QED) is 0.874. The summed E-state index contributed by atoms with van der Waals surface area (Å²) in [6.07, 6.45) is 0.354. The van der Waals surface area contributed by atoms with Crippen molar-refractivity contribution in [2.24, 2.45) is 0 Å². The SMILES string of the molecule is CC[C@H](O)c1ccc(Sc2n[nH]c(C)n2)cc1. The van der Waals surface area contributed by atoms with E-state index in [0.717, 1.165) is 22.7 Å². The molecule has 1 heterocycles. The maximum absolute atomic E-state index is 9.68. The lowest BCUT2D eigenvalue weighted by molar-refractivity contribution is 0.173. The smallest absolute Gasteiger partial charge is 0.213 e. The van der Waals surface area contributed by atoms with Crippen molar-refractivity contribution in [2.75, 3.05) is 0 Å². The molecule has 0 aliphatic heterocycles. The van der Waals surface area contributed by atoms with Crippen molar-refractivity contribution in [1.82, 2.24) is 15.2 Å². The Bertz CT molecular complexity index is 481. The second-order valence-electron chi connectivity index (χ2n) is 3.80. The zero-order valence-corrected chi connectivity index (χ0v) is 10.7. The molecule has 1 aromatic heterocycles. The zero-order chi connectivity index (χ0) is 12.3. The molecular weight excluding hydrogens is 234 g/mol. The summed E-state index contributed by atoms with van der Waals surface area (Å²) in [5.41, 5.74) is 0.947. The van der Waals surface area contributed by atoms with Crippen molar-refractivity contribution < 1.29 is 5.11 Å². The summed E-state index contributed by atoms with van der Waals surface area (Å²) in [5, 5.41) is 17.3. The summed E-state index contributed by atoms with van der Waals surface area (Å²) < 4.78 is 0. The van der Waals surface area contributed by atoms with Crippen molar-refractivity contribution >= 4 is 11.8 Å². The first-order valence-electron chi connectivity index (χ1n) is 5.54. The minimum atomic E-state index is -0.375. The molecular formula is C12H15N3OS. The number of hydrogen-bond acceptors (Lipinski definition) is 4. The average Bonchev–Trinajstić information content (AvgIpc) is 2.75. The Kier molecular flexibility index (Phi) is 3.81. The van der Waals surface area contributed by atoms with Crippen molar-refractivity contribution in [3.8, 4) is 0 Å². The maximum atomic E-state index is 9.68. The number of H-pyrrole nitrogens is 1. The molecule has 0 amide bonds. The van der Waals surface area contributed by atoms with Gasteiger partial charge in [-0.3, -0.25) is 5.10 Å². The van der Waals surface area contributed by atoms with Crippen LogP contribution in [0.1, 0.15) is 30.8 Å². The number of aliphatic hydroxyl groups is 1. The van der Waals surface area contributed by atoms with Crippen LogP contribution in [-0.2, 0) is 0 Å². The molecule has 0 saturated carbocycles. The van der Waals surface area contributed by atoms with Gasteiger partial charge in [-0.2, -0.15) is 0 Å². The van der Waals surface area contributed by atoms with Gasteiger partial charge in [-0.15, -0.1) is 5.10 Å². The molecule has 0 bridgehead atoms. The zero-order valence-electron chi connectivity index (χ0n) is 9.84. The first-order chi connectivity index (χ1) is 8.19. The highest BCUT2D eigenvalue weighted by molar-refractivity contribution is 7.99. The van der Waals surface area contributed by atoms with E-state index < -0.39 is 0 Å². The molecule has 0 spiro atoms. The number of aromatic amines is 1. The molecule has 0 fully saturated rings. The van der Waals surface area contributed by atoms with Gasteiger partial charge in [0.25, 0.3) is 0 Å². The van der Waals surface area contributed by atoms with Gasteiger partial charge < -0.3 is 5.11 Å². The van der Waals surface area contributed by atoms with Crippen LogP contribution >= 0.6 is 11.8 Å². The Balaban J connectivity index is 2.08. The molecule has 2 rings (SSSR count). The first-order valence-corrected chi connectivity index (χ1v) is 6.35. The number of nitrogens with zero attached hydrogens (tertiary/aromatic N) is 2. The van der Waals surface area contributed by atoms with E-state index >= 15 is 0 Å². The summed E-state index contributed by atoms with van der Waals surface area (Å²) >= 11 is 1.50. The van der Waals surface area contributed by atoms with Gasteiger partial charge in [-0.05, 0) is 42.8 Å². The van der Waals surface area contributed by atoms with Crippen LogP contribution in [-0.4, -0.2) is 20.3 Å². The minimum Gasteiger partial charge on any atom is -0.388 e. The number of rotatable bonds is 4. The molecule has 1 aromatic carbocycles. The predicted octanol–water partition coefficient (Wildman–Crippen LogP) is 2.71. The molecule has 5 heteroatoms. The molecule has 0 aliphatic carbocycles. The van der Waals surface area contributed by atoms with Crippen molar-refractivity contribution in [3.05, 3.63) is 35.7 Å². The lowest BCUT2D eigenvalue weighted by Crippen LogP contribution is -1.94. The third-order valence-corrected chi connectivity index (χ3v) is 3.31. The van der Waals surface area contributed by atoms with Crippen molar-refractivity contribution in [1.29, 1.82) is 0 Å². The van der Waals surface area contributed by atoms with E-state index in [1.54, 1.807) is 0 Å². The maximum Gasteiger partial charge on any atom is 0.213 e. The Morgan fingerprint density at radius 1 is 1.35 bits per heavy atom. The van der Waals surface area contributed by atoms with Gasteiger partial charge in [0.1, 0.15) is 5.82 Å². The molecule has 4 nitrogen and oxygen atoms in total. The van der Waals surface area contributed by atoms with Crippen molar-refractivity contribution in [3.63, 3.8) is 0 Å². The largest absolute Gasteiger partial charge is 0.388 e. The molecule has 2 aromatic rings. The van der Waals surface area contributed by atoms with E-state index in [-0.39, 0.29) is 6.10 Å². The molecule has 0 aliphatic rings. The van der Waals surface area contributed by atoms with Gasteiger partial charge in [0.05, 0.1) is 6.10 Å². The van der Waals surface area contributed by atoms with E-state index in [1.165, 1.54) is 11.8 Å². The fourth-order valence-electron chi connectivity index (χ4n) is 1.47.